The Morgan fingerprint density at radius 2 is 1.85 bits per heavy atom. The van der Waals surface area contributed by atoms with Crippen LogP contribution in [0, 0.1) is 13.8 Å². The van der Waals surface area contributed by atoms with E-state index in [4.69, 9.17) is 18.6 Å². The number of hydrogen-bond acceptors (Lipinski definition) is 8. The number of carbonyl (C=O) groups is 1. The van der Waals surface area contributed by atoms with Gasteiger partial charge in [-0.15, -0.1) is 10.2 Å². The van der Waals surface area contributed by atoms with Crippen molar-refractivity contribution in [1.82, 2.24) is 14.8 Å². The molecule has 0 bridgehead atoms. The summed E-state index contributed by atoms with van der Waals surface area (Å²) in [7, 11) is 1.59. The number of fused-ring (bicyclic) bond motifs is 1. The Labute approximate surface area is 200 Å². The molecular weight excluding hydrogens is 454 g/mol. The van der Waals surface area contributed by atoms with E-state index in [0.29, 0.717) is 47.0 Å². The third-order valence-corrected chi connectivity index (χ3v) is 6.40. The largest absolute Gasteiger partial charge is 0.496 e. The highest BCUT2D eigenvalue weighted by Crippen LogP contribution is 2.34. The minimum absolute atomic E-state index is 0.0149. The first kappa shape index (κ1) is 22.1. The van der Waals surface area contributed by atoms with Crippen molar-refractivity contribution in [2.45, 2.75) is 19.1 Å². The van der Waals surface area contributed by atoms with Crippen LogP contribution in [0.1, 0.15) is 21.7 Å². The van der Waals surface area contributed by atoms with E-state index in [1.54, 1.807) is 7.11 Å². The number of aryl methyl sites for hydroxylation is 1. The fourth-order valence-corrected chi connectivity index (χ4v) is 4.66. The maximum absolute atomic E-state index is 13.1. The SMILES string of the molecule is COc1ccccc1-c1nnc(SCC(=O)c2cc(C)n(-c3ccc4c(c3)OCCO4)c2C)o1. The Balaban J connectivity index is 1.32. The van der Waals surface area contributed by atoms with Gasteiger partial charge in [0.25, 0.3) is 11.1 Å². The zero-order chi connectivity index (χ0) is 23.7. The third-order valence-electron chi connectivity index (χ3n) is 5.59. The summed E-state index contributed by atoms with van der Waals surface area (Å²) in [5.41, 5.74) is 4.10. The lowest BCUT2D eigenvalue weighted by Gasteiger charge is -2.20. The standard InChI is InChI=1S/C25H23N3O5S/c1-15-12-19(16(2)28(15)17-8-9-22-23(13-17)32-11-10-31-22)20(29)14-34-25-27-26-24(33-25)18-6-4-5-7-21(18)30-3/h4-9,12-13H,10-11,14H2,1-3H3. The molecular formula is C25H23N3O5S. The fraction of sp³-hybridized carbons (Fsp3) is 0.240. The van der Waals surface area contributed by atoms with Gasteiger partial charge in [0.15, 0.2) is 17.3 Å². The van der Waals surface area contributed by atoms with Crippen molar-refractivity contribution < 1.29 is 23.4 Å². The first-order valence-electron chi connectivity index (χ1n) is 10.8. The number of ether oxygens (including phenoxy) is 3. The van der Waals surface area contributed by atoms with Crippen LogP contribution in [-0.4, -0.2) is 46.6 Å². The van der Waals surface area contributed by atoms with Crippen LogP contribution < -0.4 is 14.2 Å². The predicted octanol–water partition coefficient (Wildman–Crippen LogP) is 4.90. The van der Waals surface area contributed by atoms with E-state index in [2.05, 4.69) is 10.2 Å². The lowest BCUT2D eigenvalue weighted by Crippen LogP contribution is -2.15. The molecule has 5 rings (SSSR count). The molecule has 0 fully saturated rings. The zero-order valence-electron chi connectivity index (χ0n) is 19.0. The molecule has 8 nitrogen and oxygen atoms in total. The maximum Gasteiger partial charge on any atom is 0.277 e. The van der Waals surface area contributed by atoms with Crippen molar-refractivity contribution in [3.8, 4) is 34.4 Å². The highest BCUT2D eigenvalue weighted by atomic mass is 32.2. The van der Waals surface area contributed by atoms with Crippen molar-refractivity contribution in [3.05, 3.63) is 65.5 Å². The van der Waals surface area contributed by atoms with Crippen molar-refractivity contribution in [1.29, 1.82) is 0 Å². The molecule has 0 amide bonds. The number of rotatable bonds is 7. The molecule has 0 saturated carbocycles. The second kappa shape index (κ2) is 9.26. The first-order chi connectivity index (χ1) is 16.5. The molecule has 2 aromatic heterocycles. The number of benzene rings is 2. The molecule has 0 N–H and O–H groups in total. The summed E-state index contributed by atoms with van der Waals surface area (Å²) in [5.74, 6) is 2.60. The molecule has 3 heterocycles. The molecule has 0 atom stereocenters. The number of Topliss-reactive ketones (excluding diaryl/α,β-unsaturated/α-hetero) is 1. The van der Waals surface area contributed by atoms with Crippen LogP contribution in [-0.2, 0) is 0 Å². The minimum Gasteiger partial charge on any atom is -0.496 e. The summed E-state index contributed by atoms with van der Waals surface area (Å²) >= 11 is 1.21. The van der Waals surface area contributed by atoms with E-state index in [-0.39, 0.29) is 11.5 Å². The molecule has 0 saturated heterocycles. The normalized spacial score (nSPS) is 12.6. The molecule has 174 valence electrons. The number of para-hydroxylation sites is 1. The van der Waals surface area contributed by atoms with Gasteiger partial charge in [-0.05, 0) is 44.2 Å². The van der Waals surface area contributed by atoms with Crippen LogP contribution in [0.15, 0.2) is 58.2 Å². The van der Waals surface area contributed by atoms with E-state index in [0.717, 1.165) is 22.8 Å². The van der Waals surface area contributed by atoms with Crippen LogP contribution >= 0.6 is 11.8 Å². The molecule has 1 aliphatic heterocycles. The van der Waals surface area contributed by atoms with E-state index < -0.39 is 0 Å². The molecule has 0 aliphatic carbocycles. The molecule has 0 unspecified atom stereocenters. The number of aromatic nitrogens is 3. The predicted molar refractivity (Wildman–Crippen MR) is 128 cm³/mol. The smallest absolute Gasteiger partial charge is 0.277 e. The lowest BCUT2D eigenvalue weighted by molar-refractivity contribution is 0.102. The van der Waals surface area contributed by atoms with Gasteiger partial charge in [0.2, 0.25) is 0 Å². The van der Waals surface area contributed by atoms with Crippen LogP contribution in [0.5, 0.6) is 17.2 Å². The average molecular weight is 478 g/mol. The zero-order valence-corrected chi connectivity index (χ0v) is 19.8. The molecule has 0 radical (unpaired) electrons. The Morgan fingerprint density at radius 1 is 1.06 bits per heavy atom. The lowest BCUT2D eigenvalue weighted by atomic mass is 10.2. The number of methoxy groups -OCH3 is 1. The molecule has 34 heavy (non-hydrogen) atoms. The van der Waals surface area contributed by atoms with Crippen molar-refractivity contribution in [2.75, 3.05) is 26.1 Å². The third kappa shape index (κ3) is 4.14. The summed E-state index contributed by atoms with van der Waals surface area (Å²) < 4.78 is 24.5. The highest BCUT2D eigenvalue weighted by Gasteiger charge is 2.20. The van der Waals surface area contributed by atoms with Gasteiger partial charge in [0.05, 0.1) is 18.4 Å². The number of ketones is 1. The molecule has 1 aliphatic rings. The van der Waals surface area contributed by atoms with Gasteiger partial charge >= 0.3 is 0 Å². The van der Waals surface area contributed by atoms with Crippen LogP contribution in [0.2, 0.25) is 0 Å². The monoisotopic (exact) mass is 477 g/mol. The van der Waals surface area contributed by atoms with Gasteiger partial charge in [-0.2, -0.15) is 0 Å². The Kier molecular flexibility index (Phi) is 6.02. The number of nitrogens with zero attached hydrogens (tertiary/aromatic N) is 3. The number of thioether (sulfide) groups is 1. The van der Waals surface area contributed by atoms with Gasteiger partial charge in [-0.25, -0.2) is 0 Å². The molecule has 9 heteroatoms. The average Bonchev–Trinajstić information content (AvgIpc) is 3.46. The minimum atomic E-state index is -0.0149. The number of carbonyl (C=O) groups excluding carboxylic acids is 1. The van der Waals surface area contributed by atoms with E-state index >= 15 is 0 Å². The summed E-state index contributed by atoms with van der Waals surface area (Å²) in [6.07, 6.45) is 0. The van der Waals surface area contributed by atoms with Gasteiger partial charge < -0.3 is 23.2 Å². The van der Waals surface area contributed by atoms with E-state index in [1.807, 2.05) is 66.9 Å². The summed E-state index contributed by atoms with van der Waals surface area (Å²) in [5, 5.41) is 8.50. The Hall–Kier alpha value is -3.72. The van der Waals surface area contributed by atoms with Gasteiger partial charge in [0.1, 0.15) is 19.0 Å². The van der Waals surface area contributed by atoms with Gasteiger partial charge in [0, 0.05) is 28.7 Å². The van der Waals surface area contributed by atoms with Gasteiger partial charge in [-0.1, -0.05) is 23.9 Å². The quantitative estimate of drug-likeness (QED) is 0.274. The fourth-order valence-electron chi connectivity index (χ4n) is 4.02. The van der Waals surface area contributed by atoms with Crippen molar-refractivity contribution >= 4 is 17.5 Å². The Bertz CT molecular complexity index is 1360. The number of hydrogen-bond donors (Lipinski definition) is 0. The highest BCUT2D eigenvalue weighted by molar-refractivity contribution is 7.99. The Morgan fingerprint density at radius 3 is 2.68 bits per heavy atom. The molecule has 2 aromatic carbocycles. The second-order valence-electron chi connectivity index (χ2n) is 7.73. The summed E-state index contributed by atoms with van der Waals surface area (Å²) in [6, 6.07) is 15.1. The van der Waals surface area contributed by atoms with Crippen molar-refractivity contribution in [2.24, 2.45) is 0 Å². The summed E-state index contributed by atoms with van der Waals surface area (Å²) in [4.78, 5) is 13.1. The van der Waals surface area contributed by atoms with Crippen molar-refractivity contribution in [3.63, 3.8) is 0 Å². The molecule has 4 aromatic rings. The van der Waals surface area contributed by atoms with Crippen LogP contribution in [0.25, 0.3) is 17.1 Å². The van der Waals surface area contributed by atoms with Crippen LogP contribution in [0.4, 0.5) is 0 Å². The maximum atomic E-state index is 13.1. The van der Waals surface area contributed by atoms with E-state index in [1.165, 1.54) is 11.8 Å². The topological polar surface area (TPSA) is 88.6 Å². The summed E-state index contributed by atoms with van der Waals surface area (Å²) in [6.45, 7) is 4.99. The van der Waals surface area contributed by atoms with Gasteiger partial charge in [-0.3, -0.25) is 4.79 Å². The first-order valence-corrected chi connectivity index (χ1v) is 11.8. The second-order valence-corrected chi connectivity index (χ2v) is 8.66. The van der Waals surface area contributed by atoms with Crippen LogP contribution in [0.3, 0.4) is 0 Å². The molecule has 0 spiro atoms. The van der Waals surface area contributed by atoms with E-state index in [9.17, 15) is 4.79 Å².